The summed E-state index contributed by atoms with van der Waals surface area (Å²) in [6.45, 7) is 18.5. The number of nitrogens with zero attached hydrogens (tertiary/aromatic N) is 4. The molecule has 0 bridgehead atoms. The number of allylic oxidation sites excluding steroid dienone is 2. The molecule has 1 aliphatic rings. The first-order chi connectivity index (χ1) is 24.3. The highest BCUT2D eigenvalue weighted by atomic mass is 28.3. The zero-order chi connectivity index (χ0) is 36.0. The van der Waals surface area contributed by atoms with Crippen molar-refractivity contribution in [1.82, 2.24) is 19.9 Å². The molecule has 0 saturated heterocycles. The van der Waals surface area contributed by atoms with Gasteiger partial charge in [0.1, 0.15) is 8.07 Å². The average molecular weight is 683 g/mol. The fourth-order valence-electron chi connectivity index (χ4n) is 7.23. The van der Waals surface area contributed by atoms with E-state index in [0.29, 0.717) is 0 Å². The molecular formula is C46H46N4Si. The maximum absolute atomic E-state index is 5.40. The van der Waals surface area contributed by atoms with Crippen LogP contribution >= 0.6 is 0 Å². The molecule has 0 aliphatic carbocycles. The zero-order valence-electron chi connectivity index (χ0n) is 31.0. The predicted octanol–water partition coefficient (Wildman–Crippen LogP) is 11.5. The van der Waals surface area contributed by atoms with Crippen LogP contribution in [0.25, 0.3) is 44.2 Å². The highest BCUT2D eigenvalue weighted by Crippen LogP contribution is 2.55. The molecule has 4 aromatic heterocycles. The lowest BCUT2D eigenvalue weighted by Crippen LogP contribution is -2.29. The van der Waals surface area contributed by atoms with E-state index in [1.807, 2.05) is 42.9 Å². The smallest absolute Gasteiger partial charge is 0.119 e. The summed E-state index contributed by atoms with van der Waals surface area (Å²) in [7, 11) is -2.52. The van der Waals surface area contributed by atoms with Gasteiger partial charge in [0.05, 0.1) is 28.5 Å². The van der Waals surface area contributed by atoms with Crippen molar-refractivity contribution >= 4 is 29.6 Å². The summed E-state index contributed by atoms with van der Waals surface area (Å²) in [5, 5.41) is 2.62. The third-order valence-electron chi connectivity index (χ3n) is 9.97. The summed E-state index contributed by atoms with van der Waals surface area (Å²) in [4.78, 5) is 19.8. The first-order valence-electron chi connectivity index (χ1n) is 17.8. The van der Waals surface area contributed by atoms with E-state index >= 15 is 0 Å². The van der Waals surface area contributed by atoms with Crippen LogP contribution in [-0.2, 0) is 10.8 Å². The lowest BCUT2D eigenvalue weighted by Gasteiger charge is -2.26. The first-order valence-corrected chi connectivity index (χ1v) is 20.8. The van der Waals surface area contributed by atoms with Crippen LogP contribution in [0.4, 0.5) is 0 Å². The van der Waals surface area contributed by atoms with E-state index in [1.165, 1.54) is 43.8 Å². The van der Waals surface area contributed by atoms with Crippen molar-refractivity contribution in [3.05, 3.63) is 167 Å². The molecule has 0 N–H and O–H groups in total. The Morgan fingerprint density at radius 3 is 1.39 bits per heavy atom. The van der Waals surface area contributed by atoms with Gasteiger partial charge in [-0.15, -0.1) is 0 Å². The van der Waals surface area contributed by atoms with E-state index in [4.69, 9.17) is 9.97 Å². The van der Waals surface area contributed by atoms with Crippen molar-refractivity contribution in [2.75, 3.05) is 0 Å². The Bertz CT molecular complexity index is 2090. The minimum absolute atomic E-state index is 0.0429. The van der Waals surface area contributed by atoms with Crippen molar-refractivity contribution in [3.8, 4) is 22.6 Å². The van der Waals surface area contributed by atoms with Gasteiger partial charge in [-0.05, 0) is 103 Å². The second-order valence-corrected chi connectivity index (χ2v) is 20.3. The highest BCUT2D eigenvalue weighted by molar-refractivity contribution is 7.13. The number of pyridine rings is 4. The number of benzene rings is 2. The van der Waals surface area contributed by atoms with Gasteiger partial charge in [-0.2, -0.15) is 0 Å². The maximum Gasteiger partial charge on any atom is 0.119 e. The second-order valence-electron chi connectivity index (χ2n) is 16.1. The molecule has 0 radical (unpaired) electrons. The minimum Gasteiger partial charge on any atom is -0.264 e. The van der Waals surface area contributed by atoms with Crippen LogP contribution in [0.5, 0.6) is 0 Å². The standard InChI is InChI=1S/C46H46N4Si/c1-45(2,3)34-24-20-31(21-25-34)41-42(32-22-26-35(27-23-32)46(4,5)6)44(40-19-12-17-38(50-40)37-15-9-10-29-48-37)51(7,8)43(41)39-18-11-16-36(49-39)33-14-13-28-47-30-33/h9-30H,1-8H3. The Balaban J connectivity index is 1.55. The SMILES string of the molecule is CC(C)(C)c1ccc(C2=C(c3cccc(-c4cccnc4)n3)[Si](C)(C)C(c3cccc(-c4ccccn4)n3)=C2c2ccc(C(C)(C)C)cc2)cc1. The summed E-state index contributed by atoms with van der Waals surface area (Å²) in [6.07, 6.45) is 5.53. The summed E-state index contributed by atoms with van der Waals surface area (Å²) in [6, 6.07) is 41.3. The Morgan fingerprint density at radius 1 is 0.431 bits per heavy atom. The average Bonchev–Trinajstić information content (AvgIpc) is 3.38. The Kier molecular flexibility index (Phi) is 8.80. The van der Waals surface area contributed by atoms with Crippen molar-refractivity contribution < 1.29 is 0 Å². The quantitative estimate of drug-likeness (QED) is 0.164. The Morgan fingerprint density at radius 2 is 0.922 bits per heavy atom. The van der Waals surface area contributed by atoms with Gasteiger partial charge >= 0.3 is 0 Å². The predicted molar refractivity (Wildman–Crippen MR) is 216 cm³/mol. The van der Waals surface area contributed by atoms with Crippen LogP contribution in [0.1, 0.15) is 75.2 Å². The summed E-state index contributed by atoms with van der Waals surface area (Å²) >= 11 is 0. The van der Waals surface area contributed by atoms with Gasteiger partial charge in [-0.3, -0.25) is 9.97 Å². The number of hydrogen-bond acceptors (Lipinski definition) is 4. The maximum atomic E-state index is 5.40. The summed E-state index contributed by atoms with van der Waals surface area (Å²) in [5.41, 5.74) is 13.2. The Hall–Kier alpha value is -5.26. The molecule has 0 fully saturated rings. The van der Waals surface area contributed by atoms with Gasteiger partial charge in [-0.25, -0.2) is 9.97 Å². The molecule has 0 amide bonds. The molecule has 1 aliphatic heterocycles. The van der Waals surface area contributed by atoms with Gasteiger partial charge < -0.3 is 0 Å². The first kappa shape index (κ1) is 34.2. The molecule has 5 heteroatoms. The second kappa shape index (κ2) is 13.1. The minimum atomic E-state index is -2.52. The highest BCUT2D eigenvalue weighted by Gasteiger charge is 2.45. The fourth-order valence-corrected chi connectivity index (χ4v) is 10.8. The molecule has 5 heterocycles. The van der Waals surface area contributed by atoms with E-state index in [2.05, 4.69) is 156 Å². The molecule has 7 rings (SSSR count). The summed E-state index contributed by atoms with van der Waals surface area (Å²) in [5.74, 6) is 0. The van der Waals surface area contributed by atoms with Crippen LogP contribution in [0.3, 0.4) is 0 Å². The van der Waals surface area contributed by atoms with Crippen LogP contribution in [-0.4, -0.2) is 28.0 Å². The van der Waals surface area contributed by atoms with E-state index in [9.17, 15) is 0 Å². The number of aromatic nitrogens is 4. The van der Waals surface area contributed by atoms with E-state index < -0.39 is 8.07 Å². The van der Waals surface area contributed by atoms with E-state index in [-0.39, 0.29) is 10.8 Å². The molecule has 0 atom stereocenters. The molecule has 2 aromatic carbocycles. The van der Waals surface area contributed by atoms with Crippen LogP contribution in [0.15, 0.2) is 134 Å². The molecule has 0 unspecified atom stereocenters. The molecular weight excluding hydrogens is 637 g/mol. The van der Waals surface area contributed by atoms with Gasteiger partial charge in [0, 0.05) is 24.2 Å². The van der Waals surface area contributed by atoms with Crippen molar-refractivity contribution in [1.29, 1.82) is 0 Å². The van der Waals surface area contributed by atoms with Gasteiger partial charge in [0.2, 0.25) is 0 Å². The van der Waals surface area contributed by atoms with Crippen LogP contribution in [0.2, 0.25) is 13.1 Å². The van der Waals surface area contributed by atoms with Crippen molar-refractivity contribution in [2.45, 2.75) is 65.5 Å². The third-order valence-corrected chi connectivity index (χ3v) is 13.5. The van der Waals surface area contributed by atoms with Gasteiger partial charge in [-0.1, -0.05) is 121 Å². The van der Waals surface area contributed by atoms with Crippen LogP contribution < -0.4 is 0 Å². The monoisotopic (exact) mass is 682 g/mol. The Labute approximate surface area is 304 Å². The van der Waals surface area contributed by atoms with E-state index in [1.54, 1.807) is 0 Å². The lowest BCUT2D eigenvalue weighted by atomic mass is 9.83. The zero-order valence-corrected chi connectivity index (χ0v) is 32.0. The fraction of sp³-hybridized carbons (Fsp3) is 0.217. The molecule has 0 spiro atoms. The normalized spacial score (nSPS) is 14.7. The molecule has 254 valence electrons. The van der Waals surface area contributed by atoms with Crippen LogP contribution in [0, 0.1) is 0 Å². The van der Waals surface area contributed by atoms with Crippen molar-refractivity contribution in [3.63, 3.8) is 0 Å². The number of hydrogen-bond donors (Lipinski definition) is 0. The topological polar surface area (TPSA) is 51.6 Å². The van der Waals surface area contributed by atoms with E-state index in [0.717, 1.165) is 34.0 Å². The number of rotatable bonds is 6. The molecule has 4 nitrogen and oxygen atoms in total. The molecule has 51 heavy (non-hydrogen) atoms. The third kappa shape index (κ3) is 6.66. The summed E-state index contributed by atoms with van der Waals surface area (Å²) < 4.78 is 0. The van der Waals surface area contributed by atoms with Gasteiger partial charge in [0.25, 0.3) is 0 Å². The lowest BCUT2D eigenvalue weighted by molar-refractivity contribution is 0.590. The molecule has 6 aromatic rings. The van der Waals surface area contributed by atoms with Gasteiger partial charge in [0.15, 0.2) is 0 Å². The van der Waals surface area contributed by atoms with Crippen molar-refractivity contribution in [2.24, 2.45) is 0 Å². The largest absolute Gasteiger partial charge is 0.264 e. The molecule has 0 saturated carbocycles.